The fraction of sp³-hybridized carbons (Fsp3) is 0.143. The summed E-state index contributed by atoms with van der Waals surface area (Å²) in [6, 6.07) is 13.5. The van der Waals surface area contributed by atoms with Crippen LogP contribution < -0.4 is 29.7 Å². The lowest BCUT2D eigenvalue weighted by molar-refractivity contribution is -0.384. The number of ether oxygens (including phenoxy) is 3. The van der Waals surface area contributed by atoms with E-state index in [0.29, 0.717) is 26.4 Å². The predicted octanol–water partition coefficient (Wildman–Crippen LogP) is 4.45. The fourth-order valence-electron chi connectivity index (χ4n) is 3.87. The van der Waals surface area contributed by atoms with Gasteiger partial charge in [-0.15, -0.1) is 0 Å². The van der Waals surface area contributed by atoms with Crippen molar-refractivity contribution in [1.82, 2.24) is 5.32 Å². The number of urea groups is 1. The minimum absolute atomic E-state index is 0.0364. The topological polar surface area (TPSA) is 166 Å². The average Bonchev–Trinajstić information content (AvgIpc) is 2.95. The molecule has 1 heterocycles. The Labute approximate surface area is 247 Å². The number of anilines is 2. The van der Waals surface area contributed by atoms with Crippen LogP contribution in [0.1, 0.15) is 12.5 Å². The van der Waals surface area contributed by atoms with Gasteiger partial charge in [0.15, 0.2) is 18.1 Å². The van der Waals surface area contributed by atoms with Gasteiger partial charge in [-0.25, -0.2) is 9.69 Å². The summed E-state index contributed by atoms with van der Waals surface area (Å²) in [4.78, 5) is 61.8. The number of halogens is 1. The summed E-state index contributed by atoms with van der Waals surface area (Å²) in [6.07, 6.45) is 1.26. The van der Waals surface area contributed by atoms with Crippen LogP contribution in [-0.2, 0) is 14.4 Å². The number of hydrogen-bond donors (Lipinski definition) is 2. The fourth-order valence-corrected chi connectivity index (χ4v) is 4.44. The minimum atomic E-state index is -0.996. The number of benzene rings is 3. The molecule has 0 aromatic heterocycles. The standard InChI is InChI=1S/C28H23BrN4O9/c1-3-41-23-14-16(13-22(29)25(23)42-15-24(34)30-17-4-10-20(40-2)11-5-17)12-21-26(35)31-28(37)32(27(21)36)18-6-8-19(9-7-18)33(38)39/h4-14H,3,15H2,1-2H3,(H,30,34)(H,31,35,37)/b21-12-. The first kappa shape index (κ1) is 29.7. The molecule has 13 nitrogen and oxygen atoms in total. The molecule has 4 rings (SSSR count). The van der Waals surface area contributed by atoms with Crippen molar-refractivity contribution < 1.29 is 38.3 Å². The molecular weight excluding hydrogens is 616 g/mol. The molecule has 3 aromatic rings. The zero-order chi connectivity index (χ0) is 30.4. The van der Waals surface area contributed by atoms with Crippen molar-refractivity contribution in [3.63, 3.8) is 0 Å². The van der Waals surface area contributed by atoms with Crippen LogP contribution in [0.5, 0.6) is 17.2 Å². The Balaban J connectivity index is 1.56. The number of methoxy groups -OCH3 is 1. The van der Waals surface area contributed by atoms with Crippen LogP contribution in [0.2, 0.25) is 0 Å². The number of barbiturate groups is 1. The molecule has 0 radical (unpaired) electrons. The number of amides is 5. The molecule has 1 aliphatic rings. The third kappa shape index (κ3) is 6.72. The summed E-state index contributed by atoms with van der Waals surface area (Å²) in [6.45, 7) is 1.63. The highest BCUT2D eigenvalue weighted by Crippen LogP contribution is 2.38. The lowest BCUT2D eigenvalue weighted by atomic mass is 10.1. The summed E-state index contributed by atoms with van der Waals surface area (Å²) in [7, 11) is 1.54. The summed E-state index contributed by atoms with van der Waals surface area (Å²) < 4.78 is 16.9. The molecule has 0 unspecified atom stereocenters. The van der Waals surface area contributed by atoms with E-state index in [1.807, 2.05) is 0 Å². The molecule has 42 heavy (non-hydrogen) atoms. The van der Waals surface area contributed by atoms with Crippen molar-refractivity contribution in [2.75, 3.05) is 30.5 Å². The Bertz CT molecular complexity index is 1590. The Hall–Kier alpha value is -5.24. The molecule has 216 valence electrons. The van der Waals surface area contributed by atoms with Gasteiger partial charge in [-0.3, -0.25) is 29.8 Å². The van der Waals surface area contributed by atoms with E-state index in [2.05, 4.69) is 26.6 Å². The molecule has 0 spiro atoms. The molecule has 14 heteroatoms. The van der Waals surface area contributed by atoms with Crippen molar-refractivity contribution in [3.05, 3.63) is 86.4 Å². The highest BCUT2D eigenvalue weighted by Gasteiger charge is 2.37. The molecule has 0 atom stereocenters. The average molecular weight is 639 g/mol. The molecule has 1 saturated heterocycles. The molecule has 1 aliphatic heterocycles. The normalized spacial score (nSPS) is 13.9. The van der Waals surface area contributed by atoms with E-state index in [1.165, 1.54) is 31.4 Å². The maximum Gasteiger partial charge on any atom is 0.335 e. The third-order valence-corrected chi connectivity index (χ3v) is 6.37. The zero-order valence-electron chi connectivity index (χ0n) is 22.2. The Morgan fingerprint density at radius 2 is 1.76 bits per heavy atom. The van der Waals surface area contributed by atoms with E-state index in [1.54, 1.807) is 37.3 Å². The summed E-state index contributed by atoms with van der Waals surface area (Å²) in [5, 5.41) is 15.8. The lowest BCUT2D eigenvalue weighted by Gasteiger charge is -2.26. The zero-order valence-corrected chi connectivity index (χ0v) is 23.8. The van der Waals surface area contributed by atoms with Crippen molar-refractivity contribution in [2.24, 2.45) is 0 Å². The number of rotatable bonds is 10. The van der Waals surface area contributed by atoms with Gasteiger partial charge < -0.3 is 19.5 Å². The molecule has 0 saturated carbocycles. The number of carbonyl (C=O) groups is 4. The van der Waals surface area contributed by atoms with Gasteiger partial charge in [-0.2, -0.15) is 0 Å². The van der Waals surface area contributed by atoms with Crippen molar-refractivity contribution in [1.29, 1.82) is 0 Å². The molecule has 5 amide bonds. The van der Waals surface area contributed by atoms with E-state index in [4.69, 9.17) is 14.2 Å². The van der Waals surface area contributed by atoms with E-state index in [0.717, 1.165) is 12.1 Å². The highest BCUT2D eigenvalue weighted by molar-refractivity contribution is 9.10. The summed E-state index contributed by atoms with van der Waals surface area (Å²) in [5.41, 5.74) is 0.331. The SMILES string of the molecule is CCOc1cc(/C=C2/C(=O)NC(=O)N(c3ccc([N+](=O)[O-])cc3)C2=O)cc(Br)c1OCC(=O)Nc1ccc(OC)cc1. The van der Waals surface area contributed by atoms with Crippen LogP contribution >= 0.6 is 15.9 Å². The second-order valence-electron chi connectivity index (χ2n) is 8.56. The first-order valence-corrected chi connectivity index (χ1v) is 13.1. The second kappa shape index (κ2) is 13.0. The first-order chi connectivity index (χ1) is 20.1. The Kier molecular flexibility index (Phi) is 9.17. The summed E-state index contributed by atoms with van der Waals surface area (Å²) >= 11 is 3.39. The Morgan fingerprint density at radius 1 is 1.07 bits per heavy atom. The number of carbonyl (C=O) groups excluding carboxylic acids is 4. The minimum Gasteiger partial charge on any atom is -0.497 e. The second-order valence-corrected chi connectivity index (χ2v) is 9.41. The first-order valence-electron chi connectivity index (χ1n) is 12.3. The quantitative estimate of drug-likeness (QED) is 0.141. The number of hydrogen-bond acceptors (Lipinski definition) is 9. The number of nitro benzene ring substituents is 1. The van der Waals surface area contributed by atoms with Crippen LogP contribution in [-0.4, -0.2) is 49.0 Å². The van der Waals surface area contributed by atoms with Gasteiger partial charge in [0, 0.05) is 17.8 Å². The van der Waals surface area contributed by atoms with Crippen molar-refractivity contribution >= 4 is 62.8 Å². The monoisotopic (exact) mass is 638 g/mol. The number of nitro groups is 1. The van der Waals surface area contributed by atoms with Gasteiger partial charge in [0.05, 0.1) is 28.8 Å². The van der Waals surface area contributed by atoms with Gasteiger partial charge in [-0.05, 0) is 83.0 Å². The van der Waals surface area contributed by atoms with E-state index in [9.17, 15) is 29.3 Å². The molecule has 2 N–H and O–H groups in total. The number of nitrogens with zero attached hydrogens (tertiary/aromatic N) is 2. The van der Waals surface area contributed by atoms with Crippen LogP contribution in [0.15, 0.2) is 70.7 Å². The smallest absolute Gasteiger partial charge is 0.335 e. The highest BCUT2D eigenvalue weighted by atomic mass is 79.9. The molecule has 3 aromatic carbocycles. The van der Waals surface area contributed by atoms with Gasteiger partial charge >= 0.3 is 6.03 Å². The van der Waals surface area contributed by atoms with Crippen LogP contribution in [0, 0.1) is 10.1 Å². The molecule has 1 fully saturated rings. The van der Waals surface area contributed by atoms with E-state index in [-0.39, 0.29) is 41.7 Å². The largest absolute Gasteiger partial charge is 0.497 e. The van der Waals surface area contributed by atoms with Crippen LogP contribution in [0.4, 0.5) is 21.9 Å². The summed E-state index contributed by atoms with van der Waals surface area (Å²) in [5.74, 6) is -1.20. The van der Waals surface area contributed by atoms with Gasteiger partial charge in [0.1, 0.15) is 11.3 Å². The van der Waals surface area contributed by atoms with E-state index < -0.39 is 28.7 Å². The maximum absolute atomic E-state index is 13.2. The van der Waals surface area contributed by atoms with E-state index >= 15 is 0 Å². The number of nitrogens with one attached hydrogen (secondary N) is 2. The molecular formula is C28H23BrN4O9. The number of non-ortho nitro benzene ring substituents is 1. The Morgan fingerprint density at radius 3 is 2.38 bits per heavy atom. The van der Waals surface area contributed by atoms with Gasteiger partial charge in [0.25, 0.3) is 23.4 Å². The predicted molar refractivity (Wildman–Crippen MR) is 155 cm³/mol. The molecule has 0 bridgehead atoms. The lowest BCUT2D eigenvalue weighted by Crippen LogP contribution is -2.54. The van der Waals surface area contributed by atoms with Crippen LogP contribution in [0.3, 0.4) is 0 Å². The van der Waals surface area contributed by atoms with Gasteiger partial charge in [0.2, 0.25) is 0 Å². The number of imide groups is 2. The molecule has 0 aliphatic carbocycles. The third-order valence-electron chi connectivity index (χ3n) is 5.78. The van der Waals surface area contributed by atoms with Crippen molar-refractivity contribution in [2.45, 2.75) is 6.92 Å². The van der Waals surface area contributed by atoms with Gasteiger partial charge in [-0.1, -0.05) is 0 Å². The van der Waals surface area contributed by atoms with Crippen molar-refractivity contribution in [3.8, 4) is 17.2 Å². The maximum atomic E-state index is 13.2. The van der Waals surface area contributed by atoms with Crippen LogP contribution in [0.25, 0.3) is 6.08 Å².